The van der Waals surface area contributed by atoms with Crippen molar-refractivity contribution in [1.29, 1.82) is 0 Å². The first-order valence-electron chi connectivity index (χ1n) is 4.71. The predicted molar refractivity (Wildman–Crippen MR) is 62.7 cm³/mol. The number of nitrogens with zero attached hydrogens (tertiary/aromatic N) is 1. The van der Waals surface area contributed by atoms with Gasteiger partial charge in [-0.05, 0) is 57.2 Å². The van der Waals surface area contributed by atoms with Gasteiger partial charge in [0, 0.05) is 4.47 Å². The molecule has 0 aliphatic heterocycles. The molecular formula is C11H16BrNO. The summed E-state index contributed by atoms with van der Waals surface area (Å²) in [7, 11) is 4.11. The molecule has 0 aliphatic carbocycles. The average molecular weight is 258 g/mol. The number of hydrogen-bond donors (Lipinski definition) is 1. The van der Waals surface area contributed by atoms with Gasteiger partial charge in [0.05, 0.1) is 0 Å². The summed E-state index contributed by atoms with van der Waals surface area (Å²) in [6.07, 6.45) is 1.99. The summed E-state index contributed by atoms with van der Waals surface area (Å²) in [4.78, 5) is 2.15. The smallest absolute Gasteiger partial charge is 0.118 e. The van der Waals surface area contributed by atoms with Crippen molar-refractivity contribution in [1.82, 2.24) is 4.90 Å². The largest absolute Gasteiger partial charge is 0.508 e. The molecule has 0 heterocycles. The lowest BCUT2D eigenvalue weighted by atomic mass is 10.1. The molecule has 0 saturated carbocycles. The molecule has 1 N–H and O–H groups in total. The van der Waals surface area contributed by atoms with E-state index in [-0.39, 0.29) is 0 Å². The zero-order valence-corrected chi connectivity index (χ0v) is 10.2. The highest BCUT2D eigenvalue weighted by atomic mass is 79.9. The first-order valence-corrected chi connectivity index (χ1v) is 5.51. The van der Waals surface area contributed by atoms with Gasteiger partial charge in [-0.15, -0.1) is 0 Å². The normalized spacial score (nSPS) is 10.9. The third-order valence-corrected chi connectivity index (χ3v) is 2.59. The maximum atomic E-state index is 9.57. The molecular weight excluding hydrogens is 242 g/mol. The van der Waals surface area contributed by atoms with Gasteiger partial charge in [0.15, 0.2) is 0 Å². The summed E-state index contributed by atoms with van der Waals surface area (Å²) in [6.45, 7) is 1.05. The van der Waals surface area contributed by atoms with Gasteiger partial charge in [0.1, 0.15) is 5.75 Å². The lowest BCUT2D eigenvalue weighted by molar-refractivity contribution is 0.397. The van der Waals surface area contributed by atoms with Crippen molar-refractivity contribution in [3.63, 3.8) is 0 Å². The molecule has 0 aliphatic rings. The SMILES string of the molecule is CN(C)CCCc1cc(Br)ccc1O. The fourth-order valence-corrected chi connectivity index (χ4v) is 1.75. The summed E-state index contributed by atoms with van der Waals surface area (Å²) < 4.78 is 1.02. The van der Waals surface area contributed by atoms with Gasteiger partial charge in [-0.3, -0.25) is 0 Å². The molecule has 0 aromatic heterocycles. The molecule has 0 spiro atoms. The van der Waals surface area contributed by atoms with Crippen molar-refractivity contribution >= 4 is 15.9 Å². The Hall–Kier alpha value is -0.540. The van der Waals surface area contributed by atoms with Gasteiger partial charge >= 0.3 is 0 Å². The van der Waals surface area contributed by atoms with Crippen molar-refractivity contribution in [3.8, 4) is 5.75 Å². The van der Waals surface area contributed by atoms with Crippen LogP contribution in [0, 0.1) is 0 Å². The first kappa shape index (κ1) is 11.5. The van der Waals surface area contributed by atoms with E-state index in [1.54, 1.807) is 6.07 Å². The highest BCUT2D eigenvalue weighted by Crippen LogP contribution is 2.22. The average Bonchev–Trinajstić information content (AvgIpc) is 2.10. The van der Waals surface area contributed by atoms with Crippen LogP contribution in [0.4, 0.5) is 0 Å². The van der Waals surface area contributed by atoms with Gasteiger partial charge in [-0.2, -0.15) is 0 Å². The lowest BCUT2D eigenvalue weighted by Crippen LogP contribution is -2.13. The molecule has 78 valence electrons. The summed E-state index contributed by atoms with van der Waals surface area (Å²) in [6, 6.07) is 5.56. The van der Waals surface area contributed by atoms with E-state index >= 15 is 0 Å². The summed E-state index contributed by atoms with van der Waals surface area (Å²) >= 11 is 3.40. The number of hydrogen-bond acceptors (Lipinski definition) is 2. The van der Waals surface area contributed by atoms with Crippen LogP contribution in [0.5, 0.6) is 5.75 Å². The Bertz CT molecular complexity index is 299. The minimum atomic E-state index is 0.395. The van der Waals surface area contributed by atoms with Crippen LogP contribution in [0.2, 0.25) is 0 Å². The fourth-order valence-electron chi connectivity index (χ4n) is 1.34. The van der Waals surface area contributed by atoms with Crippen molar-refractivity contribution in [3.05, 3.63) is 28.2 Å². The van der Waals surface area contributed by atoms with E-state index in [2.05, 4.69) is 34.9 Å². The van der Waals surface area contributed by atoms with Crippen LogP contribution in [0.15, 0.2) is 22.7 Å². The maximum Gasteiger partial charge on any atom is 0.118 e. The van der Waals surface area contributed by atoms with Crippen molar-refractivity contribution in [2.24, 2.45) is 0 Å². The van der Waals surface area contributed by atoms with Gasteiger partial charge in [0.2, 0.25) is 0 Å². The molecule has 2 nitrogen and oxygen atoms in total. The van der Waals surface area contributed by atoms with E-state index in [4.69, 9.17) is 0 Å². The molecule has 0 saturated heterocycles. The highest BCUT2D eigenvalue weighted by molar-refractivity contribution is 9.10. The Kier molecular flexibility index (Phi) is 4.42. The molecule has 1 rings (SSSR count). The first-order chi connectivity index (χ1) is 6.59. The van der Waals surface area contributed by atoms with Gasteiger partial charge in [0.25, 0.3) is 0 Å². The maximum absolute atomic E-state index is 9.57. The second kappa shape index (κ2) is 5.37. The highest BCUT2D eigenvalue weighted by Gasteiger charge is 2.01. The monoisotopic (exact) mass is 257 g/mol. The number of benzene rings is 1. The zero-order valence-electron chi connectivity index (χ0n) is 8.63. The number of rotatable bonds is 4. The minimum Gasteiger partial charge on any atom is -0.508 e. The van der Waals surface area contributed by atoms with Crippen LogP contribution in [-0.4, -0.2) is 30.6 Å². The Morgan fingerprint density at radius 3 is 2.71 bits per heavy atom. The number of phenols is 1. The van der Waals surface area contributed by atoms with E-state index in [1.807, 2.05) is 12.1 Å². The molecule has 14 heavy (non-hydrogen) atoms. The lowest BCUT2D eigenvalue weighted by Gasteiger charge is -2.09. The molecule has 1 aromatic rings. The van der Waals surface area contributed by atoms with Crippen molar-refractivity contribution in [2.45, 2.75) is 12.8 Å². The Morgan fingerprint density at radius 1 is 1.36 bits per heavy atom. The Labute approximate surface area is 93.7 Å². The standard InChI is InChI=1S/C11H16BrNO/c1-13(2)7-3-4-9-8-10(12)5-6-11(9)14/h5-6,8,14H,3-4,7H2,1-2H3. The van der Waals surface area contributed by atoms with E-state index in [0.717, 1.165) is 29.4 Å². The number of aryl methyl sites for hydroxylation is 1. The molecule has 3 heteroatoms. The van der Waals surface area contributed by atoms with Crippen LogP contribution < -0.4 is 0 Å². The third kappa shape index (κ3) is 3.68. The molecule has 0 unspecified atom stereocenters. The topological polar surface area (TPSA) is 23.5 Å². The van der Waals surface area contributed by atoms with Gasteiger partial charge < -0.3 is 10.0 Å². The van der Waals surface area contributed by atoms with Crippen LogP contribution in [-0.2, 0) is 6.42 Å². The quantitative estimate of drug-likeness (QED) is 0.897. The molecule has 1 aromatic carbocycles. The predicted octanol–water partition coefficient (Wildman–Crippen LogP) is 2.65. The molecule has 0 atom stereocenters. The minimum absolute atomic E-state index is 0.395. The Morgan fingerprint density at radius 2 is 2.07 bits per heavy atom. The van der Waals surface area contributed by atoms with Gasteiger partial charge in [-0.1, -0.05) is 15.9 Å². The number of halogens is 1. The second-order valence-electron chi connectivity index (χ2n) is 3.68. The number of aromatic hydroxyl groups is 1. The van der Waals surface area contributed by atoms with Crippen LogP contribution in [0.25, 0.3) is 0 Å². The molecule has 0 fully saturated rings. The van der Waals surface area contributed by atoms with Crippen molar-refractivity contribution < 1.29 is 5.11 Å². The third-order valence-electron chi connectivity index (χ3n) is 2.09. The second-order valence-corrected chi connectivity index (χ2v) is 4.60. The molecule has 0 bridgehead atoms. The summed E-state index contributed by atoms with van der Waals surface area (Å²) in [5.74, 6) is 0.395. The number of phenolic OH excluding ortho intramolecular Hbond substituents is 1. The van der Waals surface area contributed by atoms with E-state index in [9.17, 15) is 5.11 Å². The Balaban J connectivity index is 2.53. The van der Waals surface area contributed by atoms with Gasteiger partial charge in [-0.25, -0.2) is 0 Å². The summed E-state index contributed by atoms with van der Waals surface area (Å²) in [5.41, 5.74) is 1.02. The molecule has 0 radical (unpaired) electrons. The van der Waals surface area contributed by atoms with Crippen LogP contribution in [0.3, 0.4) is 0 Å². The fraction of sp³-hybridized carbons (Fsp3) is 0.455. The molecule has 0 amide bonds. The van der Waals surface area contributed by atoms with Crippen LogP contribution >= 0.6 is 15.9 Å². The van der Waals surface area contributed by atoms with Crippen molar-refractivity contribution in [2.75, 3.05) is 20.6 Å². The van der Waals surface area contributed by atoms with E-state index in [0.29, 0.717) is 5.75 Å². The summed E-state index contributed by atoms with van der Waals surface area (Å²) in [5, 5.41) is 9.57. The van der Waals surface area contributed by atoms with E-state index < -0.39 is 0 Å². The zero-order chi connectivity index (χ0) is 10.6. The van der Waals surface area contributed by atoms with E-state index in [1.165, 1.54) is 0 Å². The van der Waals surface area contributed by atoms with Crippen LogP contribution in [0.1, 0.15) is 12.0 Å².